The first-order valence-corrected chi connectivity index (χ1v) is 10.2. The number of carboxylic acids is 1. The molecule has 17 nitrogen and oxygen atoms in total. The Morgan fingerprint density at radius 2 is 0.943 bits per heavy atom. The molecule has 0 bridgehead atoms. The summed E-state index contributed by atoms with van der Waals surface area (Å²) < 4.78 is 0. The highest BCUT2D eigenvalue weighted by Crippen LogP contribution is 2.05. The van der Waals surface area contributed by atoms with Crippen LogP contribution >= 0.6 is 0 Å². The van der Waals surface area contributed by atoms with Crippen molar-refractivity contribution in [2.24, 2.45) is 28.7 Å². The topological polar surface area (TPSA) is 323 Å². The molecule has 0 spiro atoms. The second-order valence-electron chi connectivity index (χ2n) is 7.48. The third-order valence-corrected chi connectivity index (χ3v) is 4.40. The second-order valence-corrected chi connectivity index (χ2v) is 7.48. The molecule has 0 saturated heterocycles. The molecule has 17 heteroatoms. The summed E-state index contributed by atoms with van der Waals surface area (Å²) >= 11 is 0. The Morgan fingerprint density at radius 3 is 1.29 bits per heavy atom. The molecule has 4 atom stereocenters. The monoisotopic (exact) mass is 502 g/mol. The molecule has 0 unspecified atom stereocenters. The summed E-state index contributed by atoms with van der Waals surface area (Å²) in [4.78, 5) is 93.2. The first-order valence-electron chi connectivity index (χ1n) is 10.2. The lowest BCUT2D eigenvalue weighted by Gasteiger charge is -2.24. The molecule has 0 aromatic rings. The molecule has 0 aromatic carbocycles. The van der Waals surface area contributed by atoms with Crippen LogP contribution in [0.15, 0.2) is 0 Å². The average molecular weight is 502 g/mol. The van der Waals surface area contributed by atoms with Crippen LogP contribution in [0.3, 0.4) is 0 Å². The Kier molecular flexibility index (Phi) is 13.0. The highest BCUT2D eigenvalue weighted by Gasteiger charge is 2.31. The van der Waals surface area contributed by atoms with E-state index in [1.807, 2.05) is 5.32 Å². The summed E-state index contributed by atoms with van der Waals surface area (Å²) in [6, 6.07) is -6.17. The smallest absolute Gasteiger partial charge is 0.326 e. The van der Waals surface area contributed by atoms with Crippen molar-refractivity contribution in [2.45, 2.75) is 62.7 Å². The number of carbonyl (C=O) groups excluding carboxylic acids is 7. The lowest BCUT2D eigenvalue weighted by molar-refractivity contribution is -0.144. The van der Waals surface area contributed by atoms with E-state index in [0.717, 1.165) is 0 Å². The van der Waals surface area contributed by atoms with Crippen molar-refractivity contribution >= 4 is 47.3 Å². The number of rotatable bonds is 17. The number of hydrogen-bond donors (Lipinski definition) is 9. The van der Waals surface area contributed by atoms with Gasteiger partial charge >= 0.3 is 5.97 Å². The van der Waals surface area contributed by atoms with Gasteiger partial charge in [0.25, 0.3) is 0 Å². The standard InChI is InChI=1S/C18H30N8O9/c19-7(5-13(22)29)15(31)24-8(1-3-11(20)27)16(32)25-9(2-4-12(21)28)17(33)26-10(18(34)35)6-14(23)30/h7-10H,1-6,19H2,(H2,20,27)(H2,21,28)(H2,22,29)(H2,23,30)(H,24,31)(H,25,32)(H,26,33)(H,34,35)/t7-,8-,9-,10-/m0/s1. The highest BCUT2D eigenvalue weighted by molar-refractivity contribution is 5.96. The van der Waals surface area contributed by atoms with Gasteiger partial charge in [-0.1, -0.05) is 0 Å². The van der Waals surface area contributed by atoms with Gasteiger partial charge < -0.3 is 49.7 Å². The quantitative estimate of drug-likeness (QED) is 0.0906. The van der Waals surface area contributed by atoms with Gasteiger partial charge in [0.15, 0.2) is 0 Å². The van der Waals surface area contributed by atoms with E-state index in [4.69, 9.17) is 33.8 Å². The number of carbonyl (C=O) groups is 8. The SMILES string of the molecule is NC(=O)CC[C@H](NC(=O)[C@H](CCC(N)=O)NC(=O)[C@@H](N)CC(N)=O)C(=O)N[C@@H](CC(N)=O)C(=O)O. The molecule has 7 amide bonds. The van der Waals surface area contributed by atoms with Gasteiger partial charge in [0.2, 0.25) is 41.4 Å². The van der Waals surface area contributed by atoms with E-state index in [1.165, 1.54) is 0 Å². The van der Waals surface area contributed by atoms with Crippen LogP contribution < -0.4 is 44.6 Å². The molecule has 0 heterocycles. The Balaban J connectivity index is 5.67. The molecule has 0 rings (SSSR count). The first kappa shape index (κ1) is 30.7. The molecule has 0 aromatic heterocycles. The largest absolute Gasteiger partial charge is 0.480 e. The maximum atomic E-state index is 12.8. The summed E-state index contributed by atoms with van der Waals surface area (Å²) in [5, 5.41) is 15.6. The Hall–Kier alpha value is -4.28. The fourth-order valence-corrected chi connectivity index (χ4v) is 2.64. The molecule has 0 aliphatic heterocycles. The number of amides is 7. The third-order valence-electron chi connectivity index (χ3n) is 4.40. The van der Waals surface area contributed by atoms with Crippen LogP contribution in [0.1, 0.15) is 38.5 Å². The number of aliphatic carboxylic acids is 1. The molecule has 0 aliphatic rings. The lowest BCUT2D eigenvalue weighted by Crippen LogP contribution is -2.57. The second kappa shape index (κ2) is 14.8. The van der Waals surface area contributed by atoms with Crippen molar-refractivity contribution in [1.82, 2.24) is 16.0 Å². The zero-order chi connectivity index (χ0) is 27.3. The summed E-state index contributed by atoms with van der Waals surface area (Å²) in [6.45, 7) is 0. The number of nitrogens with one attached hydrogen (secondary N) is 3. The van der Waals surface area contributed by atoms with Crippen molar-refractivity contribution in [2.75, 3.05) is 0 Å². The third kappa shape index (κ3) is 13.1. The molecule has 0 fully saturated rings. The van der Waals surface area contributed by atoms with Crippen LogP contribution in [-0.4, -0.2) is 76.6 Å². The van der Waals surface area contributed by atoms with E-state index in [2.05, 4.69) is 10.6 Å². The minimum atomic E-state index is -1.73. The van der Waals surface area contributed by atoms with Crippen LogP contribution in [-0.2, 0) is 38.4 Å². The summed E-state index contributed by atoms with van der Waals surface area (Å²) in [7, 11) is 0. The van der Waals surface area contributed by atoms with Gasteiger partial charge in [-0.25, -0.2) is 4.79 Å². The normalized spacial score (nSPS) is 13.9. The van der Waals surface area contributed by atoms with Crippen molar-refractivity contribution in [3.05, 3.63) is 0 Å². The van der Waals surface area contributed by atoms with Gasteiger partial charge in [-0.2, -0.15) is 0 Å². The fourth-order valence-electron chi connectivity index (χ4n) is 2.64. The van der Waals surface area contributed by atoms with Crippen molar-refractivity contribution in [3.63, 3.8) is 0 Å². The number of carboxylic acid groups (broad SMARTS) is 1. The minimum Gasteiger partial charge on any atom is -0.480 e. The van der Waals surface area contributed by atoms with Crippen LogP contribution in [0.5, 0.6) is 0 Å². The van der Waals surface area contributed by atoms with Gasteiger partial charge in [0.1, 0.15) is 18.1 Å². The van der Waals surface area contributed by atoms with E-state index >= 15 is 0 Å². The van der Waals surface area contributed by atoms with Gasteiger partial charge in [-0.3, -0.25) is 33.6 Å². The van der Waals surface area contributed by atoms with Crippen molar-refractivity contribution in [1.29, 1.82) is 0 Å². The van der Waals surface area contributed by atoms with E-state index < -0.39 is 90.7 Å². The van der Waals surface area contributed by atoms with E-state index in [0.29, 0.717) is 0 Å². The predicted molar refractivity (Wildman–Crippen MR) is 116 cm³/mol. The lowest BCUT2D eigenvalue weighted by atomic mass is 10.1. The van der Waals surface area contributed by atoms with E-state index in [-0.39, 0.29) is 19.3 Å². The minimum absolute atomic E-state index is 0.334. The van der Waals surface area contributed by atoms with Gasteiger partial charge in [-0.15, -0.1) is 0 Å². The molecular weight excluding hydrogens is 472 g/mol. The zero-order valence-electron chi connectivity index (χ0n) is 18.7. The molecule has 0 radical (unpaired) electrons. The Bertz CT molecular complexity index is 863. The highest BCUT2D eigenvalue weighted by atomic mass is 16.4. The molecule has 0 saturated carbocycles. The zero-order valence-corrected chi connectivity index (χ0v) is 18.7. The predicted octanol–water partition coefficient (Wildman–Crippen LogP) is -5.87. The summed E-state index contributed by atoms with van der Waals surface area (Å²) in [5.41, 5.74) is 25.6. The summed E-state index contributed by atoms with van der Waals surface area (Å²) in [6.07, 6.45) is -2.80. The molecule has 35 heavy (non-hydrogen) atoms. The van der Waals surface area contributed by atoms with Gasteiger partial charge in [0, 0.05) is 12.8 Å². The van der Waals surface area contributed by atoms with E-state index in [1.54, 1.807) is 0 Å². The molecule has 0 aliphatic carbocycles. The molecular formula is C18H30N8O9. The maximum Gasteiger partial charge on any atom is 0.326 e. The van der Waals surface area contributed by atoms with Crippen LogP contribution in [0.2, 0.25) is 0 Å². The van der Waals surface area contributed by atoms with Crippen LogP contribution in [0.4, 0.5) is 0 Å². The number of hydrogen-bond acceptors (Lipinski definition) is 9. The van der Waals surface area contributed by atoms with Gasteiger partial charge in [0.05, 0.1) is 18.9 Å². The van der Waals surface area contributed by atoms with Crippen LogP contribution in [0, 0.1) is 0 Å². The van der Waals surface area contributed by atoms with Crippen molar-refractivity contribution < 1.29 is 43.5 Å². The van der Waals surface area contributed by atoms with Crippen LogP contribution in [0.25, 0.3) is 0 Å². The number of nitrogens with two attached hydrogens (primary N) is 5. The summed E-state index contributed by atoms with van der Waals surface area (Å²) in [5.74, 6) is -8.28. The number of primary amides is 4. The van der Waals surface area contributed by atoms with Gasteiger partial charge in [-0.05, 0) is 12.8 Å². The average Bonchev–Trinajstić information content (AvgIpc) is 2.71. The Morgan fingerprint density at radius 1 is 0.571 bits per heavy atom. The fraction of sp³-hybridized carbons (Fsp3) is 0.556. The molecule has 196 valence electrons. The Labute approximate surface area is 198 Å². The maximum absolute atomic E-state index is 12.8. The van der Waals surface area contributed by atoms with E-state index in [9.17, 15) is 38.4 Å². The first-order chi connectivity index (χ1) is 16.1. The molecule has 14 N–H and O–H groups in total. The van der Waals surface area contributed by atoms with Crippen molar-refractivity contribution in [3.8, 4) is 0 Å².